The molecule has 1 amide bonds. The first kappa shape index (κ1) is 14.9. The van der Waals surface area contributed by atoms with Crippen LogP contribution in [0.3, 0.4) is 0 Å². The molecule has 7 heteroatoms. The Morgan fingerprint density at radius 1 is 1.50 bits per heavy atom. The molecule has 108 valence electrons. The number of likely N-dealkylation sites (tertiary alicyclic amines) is 1. The summed E-state index contributed by atoms with van der Waals surface area (Å²) in [5.41, 5.74) is 0. The lowest BCUT2D eigenvalue weighted by Crippen LogP contribution is -2.42. The van der Waals surface area contributed by atoms with Crippen LogP contribution in [-0.4, -0.2) is 46.5 Å². The van der Waals surface area contributed by atoms with Gasteiger partial charge in [-0.15, -0.1) is 0 Å². The van der Waals surface area contributed by atoms with Crippen LogP contribution in [0.2, 0.25) is 0 Å². The summed E-state index contributed by atoms with van der Waals surface area (Å²) in [7, 11) is 0. The van der Waals surface area contributed by atoms with Crippen LogP contribution in [0, 0.1) is 5.92 Å². The summed E-state index contributed by atoms with van der Waals surface area (Å²) in [6, 6.07) is 3.50. The standard InChI is InChI=1S/C13H16BrN3O3/c14-10-3-4-11(15-6-10)16-12(18)8-17-5-1-2-9(7-17)13(19)20/h3-4,6,9H,1-2,5,7-8H2,(H,19,20)(H,15,16,18). The van der Waals surface area contributed by atoms with E-state index < -0.39 is 5.97 Å². The SMILES string of the molecule is O=C(CN1CCCC(C(=O)O)C1)Nc1ccc(Br)cn1. The number of pyridine rings is 1. The lowest BCUT2D eigenvalue weighted by Gasteiger charge is -2.29. The molecule has 0 saturated carbocycles. The third kappa shape index (κ3) is 4.28. The highest BCUT2D eigenvalue weighted by atomic mass is 79.9. The van der Waals surface area contributed by atoms with Crippen LogP contribution in [0.25, 0.3) is 0 Å². The minimum atomic E-state index is -0.787. The largest absolute Gasteiger partial charge is 0.481 e. The number of carbonyl (C=O) groups is 2. The Hall–Kier alpha value is -1.47. The van der Waals surface area contributed by atoms with Crippen LogP contribution >= 0.6 is 15.9 Å². The van der Waals surface area contributed by atoms with Gasteiger partial charge in [0.05, 0.1) is 12.5 Å². The fourth-order valence-electron chi connectivity index (χ4n) is 2.24. The van der Waals surface area contributed by atoms with Gasteiger partial charge >= 0.3 is 5.97 Å². The zero-order valence-corrected chi connectivity index (χ0v) is 12.5. The molecule has 1 aliphatic heterocycles. The van der Waals surface area contributed by atoms with Gasteiger partial charge in [0.15, 0.2) is 0 Å². The number of piperidine rings is 1. The number of carboxylic acids is 1. The van der Waals surface area contributed by atoms with Crippen molar-refractivity contribution in [2.75, 3.05) is 25.0 Å². The van der Waals surface area contributed by atoms with Gasteiger partial charge in [0.2, 0.25) is 5.91 Å². The maximum atomic E-state index is 11.9. The zero-order valence-electron chi connectivity index (χ0n) is 10.9. The summed E-state index contributed by atoms with van der Waals surface area (Å²) in [5.74, 6) is -0.845. The predicted octanol–water partition coefficient (Wildman–Crippen LogP) is 1.58. The van der Waals surface area contributed by atoms with Crippen LogP contribution < -0.4 is 5.32 Å². The first-order chi connectivity index (χ1) is 9.54. The van der Waals surface area contributed by atoms with E-state index in [1.54, 1.807) is 18.3 Å². The molecule has 6 nitrogen and oxygen atoms in total. The van der Waals surface area contributed by atoms with E-state index in [9.17, 15) is 9.59 Å². The van der Waals surface area contributed by atoms with Crippen LogP contribution in [0.1, 0.15) is 12.8 Å². The molecule has 2 heterocycles. The van der Waals surface area contributed by atoms with Crippen LogP contribution in [0.15, 0.2) is 22.8 Å². The first-order valence-electron chi connectivity index (χ1n) is 6.41. The van der Waals surface area contributed by atoms with Gasteiger partial charge in [-0.1, -0.05) is 0 Å². The van der Waals surface area contributed by atoms with Gasteiger partial charge < -0.3 is 10.4 Å². The molecule has 0 bridgehead atoms. The zero-order chi connectivity index (χ0) is 14.5. The Bertz CT molecular complexity index is 492. The molecule has 2 rings (SSSR count). The quantitative estimate of drug-likeness (QED) is 0.868. The maximum Gasteiger partial charge on any atom is 0.307 e. The third-order valence-corrected chi connectivity index (χ3v) is 3.69. The number of aliphatic carboxylic acids is 1. The second-order valence-electron chi connectivity index (χ2n) is 4.82. The van der Waals surface area contributed by atoms with Gasteiger partial charge in [0.1, 0.15) is 5.82 Å². The van der Waals surface area contributed by atoms with Crippen molar-refractivity contribution in [3.05, 3.63) is 22.8 Å². The highest BCUT2D eigenvalue weighted by molar-refractivity contribution is 9.10. The van der Waals surface area contributed by atoms with E-state index in [-0.39, 0.29) is 18.4 Å². The van der Waals surface area contributed by atoms with Gasteiger partial charge in [-0.2, -0.15) is 0 Å². The lowest BCUT2D eigenvalue weighted by atomic mass is 9.98. The van der Waals surface area contributed by atoms with Gasteiger partial charge in [-0.25, -0.2) is 4.98 Å². The molecular weight excluding hydrogens is 326 g/mol. The molecule has 2 N–H and O–H groups in total. The van der Waals surface area contributed by atoms with Crippen molar-refractivity contribution >= 4 is 33.6 Å². The summed E-state index contributed by atoms with van der Waals surface area (Å²) < 4.78 is 0.843. The molecule has 1 fully saturated rings. The van der Waals surface area contributed by atoms with E-state index in [0.717, 1.165) is 17.4 Å². The highest BCUT2D eigenvalue weighted by Gasteiger charge is 2.26. The number of carboxylic acid groups (broad SMARTS) is 1. The summed E-state index contributed by atoms with van der Waals surface area (Å²) in [6.45, 7) is 1.38. The van der Waals surface area contributed by atoms with Crippen molar-refractivity contribution in [3.8, 4) is 0 Å². The number of rotatable bonds is 4. The summed E-state index contributed by atoms with van der Waals surface area (Å²) in [6.07, 6.45) is 3.10. The minimum absolute atomic E-state index is 0.175. The Kier molecular flexibility index (Phi) is 5.08. The number of carbonyl (C=O) groups excluding carboxylic acids is 1. The summed E-state index contributed by atoms with van der Waals surface area (Å²) in [5, 5.41) is 11.7. The number of halogens is 1. The molecule has 1 atom stereocenters. The van der Waals surface area contributed by atoms with Crippen molar-refractivity contribution in [1.29, 1.82) is 0 Å². The summed E-state index contributed by atoms with van der Waals surface area (Å²) >= 11 is 3.27. The van der Waals surface area contributed by atoms with Crippen LogP contribution in [0.4, 0.5) is 5.82 Å². The van der Waals surface area contributed by atoms with Crippen molar-refractivity contribution in [1.82, 2.24) is 9.88 Å². The minimum Gasteiger partial charge on any atom is -0.481 e. The molecule has 1 unspecified atom stereocenters. The smallest absolute Gasteiger partial charge is 0.307 e. The topological polar surface area (TPSA) is 82.5 Å². The molecule has 0 aliphatic carbocycles. The molecule has 1 aromatic heterocycles. The Morgan fingerprint density at radius 2 is 2.30 bits per heavy atom. The van der Waals surface area contributed by atoms with Crippen molar-refractivity contribution in [2.24, 2.45) is 5.92 Å². The third-order valence-electron chi connectivity index (χ3n) is 3.22. The molecule has 1 saturated heterocycles. The maximum absolute atomic E-state index is 11.9. The second-order valence-corrected chi connectivity index (χ2v) is 5.74. The molecule has 20 heavy (non-hydrogen) atoms. The summed E-state index contributed by atoms with van der Waals surface area (Å²) in [4.78, 5) is 28.8. The Balaban J connectivity index is 1.85. The number of nitrogens with zero attached hydrogens (tertiary/aromatic N) is 2. The number of nitrogens with one attached hydrogen (secondary N) is 1. The van der Waals surface area contributed by atoms with Gasteiger partial charge in [0, 0.05) is 17.2 Å². The molecule has 1 aliphatic rings. The monoisotopic (exact) mass is 341 g/mol. The van der Waals surface area contributed by atoms with Gasteiger partial charge in [0.25, 0.3) is 0 Å². The number of aromatic nitrogens is 1. The van der Waals surface area contributed by atoms with Gasteiger partial charge in [-0.3, -0.25) is 14.5 Å². The van der Waals surface area contributed by atoms with Crippen molar-refractivity contribution < 1.29 is 14.7 Å². The molecule has 1 aromatic rings. The molecule has 0 radical (unpaired) electrons. The second kappa shape index (κ2) is 6.81. The van der Waals surface area contributed by atoms with E-state index in [4.69, 9.17) is 5.11 Å². The first-order valence-corrected chi connectivity index (χ1v) is 7.20. The number of hydrogen-bond acceptors (Lipinski definition) is 4. The van der Waals surface area contributed by atoms with E-state index in [1.165, 1.54) is 0 Å². The number of hydrogen-bond donors (Lipinski definition) is 2. The van der Waals surface area contributed by atoms with E-state index in [0.29, 0.717) is 18.8 Å². The van der Waals surface area contributed by atoms with Crippen LogP contribution in [-0.2, 0) is 9.59 Å². The lowest BCUT2D eigenvalue weighted by molar-refractivity contribution is -0.144. The van der Waals surface area contributed by atoms with E-state index >= 15 is 0 Å². The van der Waals surface area contributed by atoms with Crippen LogP contribution in [0.5, 0.6) is 0 Å². The van der Waals surface area contributed by atoms with Crippen molar-refractivity contribution in [3.63, 3.8) is 0 Å². The average Bonchev–Trinajstić information content (AvgIpc) is 2.41. The normalized spacial score (nSPS) is 19.6. The number of anilines is 1. The molecule has 0 spiro atoms. The van der Waals surface area contributed by atoms with E-state index in [1.807, 2.05) is 4.90 Å². The van der Waals surface area contributed by atoms with E-state index in [2.05, 4.69) is 26.2 Å². The Morgan fingerprint density at radius 3 is 2.95 bits per heavy atom. The Labute approximate surface area is 125 Å². The fourth-order valence-corrected chi connectivity index (χ4v) is 2.47. The van der Waals surface area contributed by atoms with Crippen molar-refractivity contribution in [2.45, 2.75) is 12.8 Å². The molecule has 0 aromatic carbocycles. The highest BCUT2D eigenvalue weighted by Crippen LogP contribution is 2.16. The predicted molar refractivity (Wildman–Crippen MR) is 77.4 cm³/mol. The fraction of sp³-hybridized carbons (Fsp3) is 0.462. The molecular formula is C13H16BrN3O3. The van der Waals surface area contributed by atoms with Gasteiger partial charge in [-0.05, 0) is 47.4 Å². The average molecular weight is 342 g/mol. The number of amides is 1.